The first kappa shape index (κ1) is 20.9. The van der Waals surface area contributed by atoms with Crippen LogP contribution in [0.5, 0.6) is 0 Å². The predicted octanol–water partition coefficient (Wildman–Crippen LogP) is 5.57. The zero-order chi connectivity index (χ0) is 15.6. The molecular formula is C19H41NO. The Kier molecular flexibility index (Phi) is 17.9. The topological polar surface area (TPSA) is 46.2 Å². The van der Waals surface area contributed by atoms with E-state index >= 15 is 0 Å². The molecule has 0 aromatic heterocycles. The molecule has 0 heterocycles. The third kappa shape index (κ3) is 17.9. The van der Waals surface area contributed by atoms with Crippen LogP contribution in [-0.4, -0.2) is 17.8 Å². The van der Waals surface area contributed by atoms with E-state index in [4.69, 9.17) is 10.8 Å². The second kappa shape index (κ2) is 18.0. The van der Waals surface area contributed by atoms with Gasteiger partial charge in [0.1, 0.15) is 0 Å². The lowest BCUT2D eigenvalue weighted by molar-refractivity contribution is 0.257. The smallest absolute Gasteiger partial charge is 0.0582 e. The number of aliphatic hydroxyl groups excluding tert-OH is 1. The SMILES string of the molecule is CCCCCCCCCCCCCCCCCC(N)CO. The molecule has 0 saturated carbocycles. The third-order valence-electron chi connectivity index (χ3n) is 4.41. The Hall–Kier alpha value is -0.0800. The van der Waals surface area contributed by atoms with Crippen molar-refractivity contribution in [1.82, 2.24) is 0 Å². The van der Waals surface area contributed by atoms with E-state index in [9.17, 15) is 0 Å². The summed E-state index contributed by atoms with van der Waals surface area (Å²) in [5.41, 5.74) is 5.68. The van der Waals surface area contributed by atoms with Gasteiger partial charge in [0, 0.05) is 6.04 Å². The highest BCUT2D eigenvalue weighted by Gasteiger charge is 1.99. The summed E-state index contributed by atoms with van der Waals surface area (Å²) in [7, 11) is 0. The van der Waals surface area contributed by atoms with Crippen molar-refractivity contribution in [1.29, 1.82) is 0 Å². The lowest BCUT2D eigenvalue weighted by Crippen LogP contribution is -2.23. The summed E-state index contributed by atoms with van der Waals surface area (Å²) in [6.45, 7) is 2.42. The molecule has 0 aromatic rings. The number of rotatable bonds is 17. The molecule has 2 nitrogen and oxygen atoms in total. The van der Waals surface area contributed by atoms with Crippen LogP contribution in [0.1, 0.15) is 110 Å². The first-order valence-electron chi connectivity index (χ1n) is 9.67. The highest BCUT2D eigenvalue weighted by molar-refractivity contribution is 4.58. The van der Waals surface area contributed by atoms with Crippen LogP contribution in [0, 0.1) is 0 Å². The Morgan fingerprint density at radius 1 is 0.619 bits per heavy atom. The number of hydrogen-bond acceptors (Lipinski definition) is 2. The summed E-state index contributed by atoms with van der Waals surface area (Å²) in [5, 5.41) is 8.83. The molecule has 0 rings (SSSR count). The van der Waals surface area contributed by atoms with Gasteiger partial charge in [0.2, 0.25) is 0 Å². The lowest BCUT2D eigenvalue weighted by atomic mass is 10.0. The molecular weight excluding hydrogens is 258 g/mol. The molecule has 0 bridgehead atoms. The minimum absolute atomic E-state index is 0.00646. The van der Waals surface area contributed by atoms with Gasteiger partial charge in [0.25, 0.3) is 0 Å². The van der Waals surface area contributed by atoms with Crippen molar-refractivity contribution in [3.8, 4) is 0 Å². The maximum Gasteiger partial charge on any atom is 0.0582 e. The van der Waals surface area contributed by atoms with Gasteiger partial charge in [-0.1, -0.05) is 103 Å². The van der Waals surface area contributed by atoms with Crippen LogP contribution in [0.2, 0.25) is 0 Å². The Balaban J connectivity index is 2.96. The highest BCUT2D eigenvalue weighted by atomic mass is 16.3. The maximum absolute atomic E-state index is 8.83. The third-order valence-corrected chi connectivity index (χ3v) is 4.41. The van der Waals surface area contributed by atoms with Gasteiger partial charge < -0.3 is 10.8 Å². The van der Waals surface area contributed by atoms with Crippen LogP contribution >= 0.6 is 0 Å². The summed E-state index contributed by atoms with van der Waals surface area (Å²) >= 11 is 0. The van der Waals surface area contributed by atoms with E-state index in [0.717, 1.165) is 6.42 Å². The van der Waals surface area contributed by atoms with Crippen molar-refractivity contribution in [2.45, 2.75) is 116 Å². The van der Waals surface area contributed by atoms with Crippen molar-refractivity contribution in [2.24, 2.45) is 5.73 Å². The molecule has 0 saturated heterocycles. The van der Waals surface area contributed by atoms with Crippen molar-refractivity contribution < 1.29 is 5.11 Å². The normalized spacial score (nSPS) is 12.7. The molecule has 1 atom stereocenters. The first-order valence-corrected chi connectivity index (χ1v) is 9.67. The van der Waals surface area contributed by atoms with E-state index in [-0.39, 0.29) is 12.6 Å². The molecule has 0 radical (unpaired) electrons. The van der Waals surface area contributed by atoms with Gasteiger partial charge in [-0.05, 0) is 6.42 Å². The second-order valence-corrected chi connectivity index (χ2v) is 6.68. The average Bonchev–Trinajstić information content (AvgIpc) is 2.50. The number of hydrogen-bond donors (Lipinski definition) is 2. The van der Waals surface area contributed by atoms with Crippen LogP contribution < -0.4 is 5.73 Å². The van der Waals surface area contributed by atoms with Crippen molar-refractivity contribution in [3.05, 3.63) is 0 Å². The molecule has 0 aliphatic carbocycles. The summed E-state index contributed by atoms with van der Waals surface area (Å²) in [6.07, 6.45) is 21.9. The zero-order valence-corrected chi connectivity index (χ0v) is 14.6. The van der Waals surface area contributed by atoms with Crippen LogP contribution in [0.25, 0.3) is 0 Å². The molecule has 0 aromatic carbocycles. The fourth-order valence-corrected chi connectivity index (χ4v) is 2.87. The number of nitrogens with two attached hydrogens (primary N) is 1. The molecule has 0 amide bonds. The second-order valence-electron chi connectivity index (χ2n) is 6.68. The van der Waals surface area contributed by atoms with Crippen molar-refractivity contribution in [3.63, 3.8) is 0 Å². The minimum Gasteiger partial charge on any atom is -0.395 e. The molecule has 128 valence electrons. The van der Waals surface area contributed by atoms with E-state index in [1.54, 1.807) is 0 Å². The van der Waals surface area contributed by atoms with E-state index in [1.807, 2.05) is 0 Å². The first-order chi connectivity index (χ1) is 10.3. The standard InChI is InChI=1S/C19H41NO/c1-2-3-4-5-6-7-8-9-10-11-12-13-14-15-16-17-19(20)18-21/h19,21H,2-18,20H2,1H3. The van der Waals surface area contributed by atoms with Crippen molar-refractivity contribution in [2.75, 3.05) is 6.61 Å². The van der Waals surface area contributed by atoms with Crippen LogP contribution in [0.15, 0.2) is 0 Å². The van der Waals surface area contributed by atoms with Gasteiger partial charge in [0.05, 0.1) is 6.61 Å². The number of unbranched alkanes of at least 4 members (excludes halogenated alkanes) is 14. The monoisotopic (exact) mass is 299 g/mol. The van der Waals surface area contributed by atoms with Gasteiger partial charge in [-0.2, -0.15) is 0 Å². The Bertz CT molecular complexity index is 184. The van der Waals surface area contributed by atoms with Crippen LogP contribution in [0.3, 0.4) is 0 Å². The lowest BCUT2D eigenvalue weighted by Gasteiger charge is -2.07. The highest BCUT2D eigenvalue weighted by Crippen LogP contribution is 2.13. The molecule has 21 heavy (non-hydrogen) atoms. The Morgan fingerprint density at radius 2 is 0.952 bits per heavy atom. The van der Waals surface area contributed by atoms with Crippen molar-refractivity contribution >= 4 is 0 Å². The van der Waals surface area contributed by atoms with E-state index < -0.39 is 0 Å². The van der Waals surface area contributed by atoms with Gasteiger partial charge in [0.15, 0.2) is 0 Å². The zero-order valence-electron chi connectivity index (χ0n) is 14.6. The quantitative estimate of drug-likeness (QED) is 0.345. The fraction of sp³-hybridized carbons (Fsp3) is 1.00. The van der Waals surface area contributed by atoms with Gasteiger partial charge in [-0.15, -0.1) is 0 Å². The molecule has 3 N–H and O–H groups in total. The van der Waals surface area contributed by atoms with Crippen LogP contribution in [0.4, 0.5) is 0 Å². The van der Waals surface area contributed by atoms with Crippen LogP contribution in [-0.2, 0) is 0 Å². The summed E-state index contributed by atoms with van der Waals surface area (Å²) in [5.74, 6) is 0. The van der Waals surface area contributed by atoms with E-state index in [2.05, 4.69) is 6.92 Å². The van der Waals surface area contributed by atoms with Gasteiger partial charge >= 0.3 is 0 Å². The number of aliphatic hydroxyl groups is 1. The molecule has 0 aliphatic rings. The molecule has 0 spiro atoms. The summed E-state index contributed by atoms with van der Waals surface area (Å²) < 4.78 is 0. The Labute approximate surface area is 133 Å². The van der Waals surface area contributed by atoms with Gasteiger partial charge in [-0.3, -0.25) is 0 Å². The average molecular weight is 300 g/mol. The molecule has 1 unspecified atom stereocenters. The summed E-state index contributed by atoms with van der Waals surface area (Å²) in [4.78, 5) is 0. The molecule has 0 fully saturated rings. The minimum atomic E-state index is 0.00646. The van der Waals surface area contributed by atoms with E-state index in [0.29, 0.717) is 0 Å². The van der Waals surface area contributed by atoms with Gasteiger partial charge in [-0.25, -0.2) is 0 Å². The molecule has 2 heteroatoms. The maximum atomic E-state index is 8.83. The Morgan fingerprint density at radius 3 is 1.29 bits per heavy atom. The van der Waals surface area contributed by atoms with E-state index in [1.165, 1.54) is 96.3 Å². The predicted molar refractivity (Wildman–Crippen MR) is 94.6 cm³/mol. The molecule has 0 aliphatic heterocycles. The summed E-state index contributed by atoms with van der Waals surface area (Å²) in [6, 6.07) is 0.00646. The fourth-order valence-electron chi connectivity index (χ4n) is 2.87. The largest absolute Gasteiger partial charge is 0.395 e.